The van der Waals surface area contributed by atoms with Gasteiger partial charge in [0.25, 0.3) is 0 Å². The summed E-state index contributed by atoms with van der Waals surface area (Å²) in [5.41, 5.74) is 0. The summed E-state index contributed by atoms with van der Waals surface area (Å²) in [6.07, 6.45) is 3.52. The van der Waals surface area contributed by atoms with Gasteiger partial charge in [-0.2, -0.15) is 0 Å². The standard InChI is InChI=1S/C5H6BrCl/c1-2-5(6)3-4-7/h2-3H,1,4H2. The second kappa shape index (κ2) is 4.41. The summed E-state index contributed by atoms with van der Waals surface area (Å²) in [4.78, 5) is 0. The molecule has 0 aliphatic rings. The Morgan fingerprint density at radius 2 is 2.43 bits per heavy atom. The topological polar surface area (TPSA) is 0 Å². The van der Waals surface area contributed by atoms with Crippen molar-refractivity contribution in [2.45, 2.75) is 0 Å². The van der Waals surface area contributed by atoms with Gasteiger partial charge in [-0.25, -0.2) is 0 Å². The van der Waals surface area contributed by atoms with Crippen LogP contribution in [0.3, 0.4) is 0 Å². The Hall–Kier alpha value is 0.250. The van der Waals surface area contributed by atoms with Crippen LogP contribution in [-0.2, 0) is 0 Å². The van der Waals surface area contributed by atoms with E-state index in [4.69, 9.17) is 11.6 Å². The minimum Gasteiger partial charge on any atom is -0.122 e. The predicted molar refractivity (Wildman–Crippen MR) is 37.9 cm³/mol. The average Bonchev–Trinajstić information content (AvgIpc) is 1.68. The fourth-order valence-corrected chi connectivity index (χ4v) is 0.672. The first-order chi connectivity index (χ1) is 3.31. The van der Waals surface area contributed by atoms with E-state index in [1.165, 1.54) is 0 Å². The molecule has 0 heterocycles. The minimum atomic E-state index is 0.534. The summed E-state index contributed by atoms with van der Waals surface area (Å²) in [7, 11) is 0. The first-order valence-corrected chi connectivity index (χ1v) is 3.18. The van der Waals surface area contributed by atoms with E-state index in [9.17, 15) is 0 Å². The molecule has 0 radical (unpaired) electrons. The molecule has 0 fully saturated rings. The molecular weight excluding hydrogens is 175 g/mol. The van der Waals surface area contributed by atoms with Crippen molar-refractivity contribution in [1.82, 2.24) is 0 Å². The molecule has 0 aromatic carbocycles. The Bertz CT molecular complexity index is 86.1. The van der Waals surface area contributed by atoms with Gasteiger partial charge in [-0.15, -0.1) is 11.6 Å². The van der Waals surface area contributed by atoms with Gasteiger partial charge in [-0.1, -0.05) is 34.7 Å². The molecule has 0 N–H and O–H groups in total. The smallest absolute Gasteiger partial charge is 0.0417 e. The minimum absolute atomic E-state index is 0.534. The zero-order valence-corrected chi connectivity index (χ0v) is 6.17. The third kappa shape index (κ3) is 4.10. The number of hydrogen-bond acceptors (Lipinski definition) is 0. The zero-order chi connectivity index (χ0) is 5.70. The molecule has 0 aromatic heterocycles. The second-order valence-corrected chi connectivity index (χ2v) is 2.17. The van der Waals surface area contributed by atoms with Gasteiger partial charge in [0.05, 0.1) is 0 Å². The van der Waals surface area contributed by atoms with Crippen LogP contribution in [0.15, 0.2) is 23.2 Å². The monoisotopic (exact) mass is 180 g/mol. The predicted octanol–water partition coefficient (Wildman–Crippen LogP) is 2.69. The largest absolute Gasteiger partial charge is 0.122 e. The van der Waals surface area contributed by atoms with Crippen molar-refractivity contribution in [2.75, 3.05) is 5.88 Å². The van der Waals surface area contributed by atoms with E-state index in [-0.39, 0.29) is 0 Å². The van der Waals surface area contributed by atoms with Crippen molar-refractivity contribution in [3.8, 4) is 0 Å². The fraction of sp³-hybridized carbons (Fsp3) is 0.200. The highest BCUT2D eigenvalue weighted by molar-refractivity contribution is 9.11. The lowest BCUT2D eigenvalue weighted by atomic mass is 10.5. The van der Waals surface area contributed by atoms with Gasteiger partial charge in [-0.05, 0) is 0 Å². The summed E-state index contributed by atoms with van der Waals surface area (Å²) in [6.45, 7) is 3.51. The molecule has 0 bridgehead atoms. The highest BCUT2D eigenvalue weighted by Gasteiger charge is 1.75. The van der Waals surface area contributed by atoms with Crippen LogP contribution >= 0.6 is 27.5 Å². The van der Waals surface area contributed by atoms with Crippen molar-refractivity contribution < 1.29 is 0 Å². The molecule has 0 nitrogen and oxygen atoms in total. The molecule has 40 valence electrons. The maximum atomic E-state index is 5.32. The summed E-state index contributed by atoms with van der Waals surface area (Å²) in [5.74, 6) is 0.534. The Kier molecular flexibility index (Phi) is 4.57. The highest BCUT2D eigenvalue weighted by Crippen LogP contribution is 2.04. The molecule has 0 saturated heterocycles. The lowest BCUT2D eigenvalue weighted by Crippen LogP contribution is -1.61. The summed E-state index contributed by atoms with van der Waals surface area (Å²) >= 11 is 8.52. The second-order valence-electron chi connectivity index (χ2n) is 0.947. The molecule has 0 rings (SSSR count). The highest BCUT2D eigenvalue weighted by atomic mass is 79.9. The van der Waals surface area contributed by atoms with Crippen LogP contribution in [0.5, 0.6) is 0 Å². The number of hydrogen-bond donors (Lipinski definition) is 0. The quantitative estimate of drug-likeness (QED) is 0.454. The third-order valence-corrected chi connectivity index (χ3v) is 1.27. The number of alkyl halides is 1. The summed E-state index contributed by atoms with van der Waals surface area (Å²) in [6, 6.07) is 0. The maximum absolute atomic E-state index is 5.32. The van der Waals surface area contributed by atoms with E-state index < -0.39 is 0 Å². The zero-order valence-electron chi connectivity index (χ0n) is 3.82. The van der Waals surface area contributed by atoms with Crippen LogP contribution in [0.2, 0.25) is 0 Å². The van der Waals surface area contributed by atoms with Crippen LogP contribution in [0.1, 0.15) is 0 Å². The molecule has 0 saturated carbocycles. The SMILES string of the molecule is C=CC(Br)=CCCl. The Morgan fingerprint density at radius 3 is 2.57 bits per heavy atom. The van der Waals surface area contributed by atoms with E-state index in [1.807, 2.05) is 6.08 Å². The van der Waals surface area contributed by atoms with E-state index >= 15 is 0 Å². The first kappa shape index (κ1) is 7.25. The van der Waals surface area contributed by atoms with Crippen molar-refractivity contribution in [1.29, 1.82) is 0 Å². The normalized spacial score (nSPS) is 11.4. The number of halogens is 2. The van der Waals surface area contributed by atoms with Crippen molar-refractivity contribution >= 4 is 27.5 Å². The van der Waals surface area contributed by atoms with Crippen LogP contribution < -0.4 is 0 Å². The lowest BCUT2D eigenvalue weighted by molar-refractivity contribution is 1.73. The van der Waals surface area contributed by atoms with E-state index in [2.05, 4.69) is 22.5 Å². The van der Waals surface area contributed by atoms with E-state index in [0.717, 1.165) is 4.48 Å². The van der Waals surface area contributed by atoms with Gasteiger partial charge < -0.3 is 0 Å². The molecule has 0 unspecified atom stereocenters. The molecule has 0 aromatic rings. The molecular formula is C5H6BrCl. The summed E-state index contributed by atoms with van der Waals surface area (Å²) < 4.78 is 0.947. The van der Waals surface area contributed by atoms with Crippen molar-refractivity contribution in [2.24, 2.45) is 0 Å². The Labute approximate surface area is 57.0 Å². The first-order valence-electron chi connectivity index (χ1n) is 1.85. The Morgan fingerprint density at radius 1 is 1.86 bits per heavy atom. The third-order valence-electron chi connectivity index (χ3n) is 0.467. The van der Waals surface area contributed by atoms with Gasteiger partial charge >= 0.3 is 0 Å². The van der Waals surface area contributed by atoms with Gasteiger partial charge in [0, 0.05) is 10.4 Å². The summed E-state index contributed by atoms with van der Waals surface area (Å²) in [5, 5.41) is 0. The van der Waals surface area contributed by atoms with Gasteiger partial charge in [0.2, 0.25) is 0 Å². The molecule has 0 atom stereocenters. The molecule has 0 spiro atoms. The van der Waals surface area contributed by atoms with Gasteiger partial charge in [0.15, 0.2) is 0 Å². The van der Waals surface area contributed by atoms with Crippen LogP contribution in [0.25, 0.3) is 0 Å². The molecule has 2 heteroatoms. The number of rotatable bonds is 2. The van der Waals surface area contributed by atoms with E-state index in [0.29, 0.717) is 5.88 Å². The molecule has 0 aliphatic carbocycles. The van der Waals surface area contributed by atoms with Crippen molar-refractivity contribution in [3.05, 3.63) is 23.2 Å². The van der Waals surface area contributed by atoms with Crippen LogP contribution in [-0.4, -0.2) is 5.88 Å². The molecule has 0 aliphatic heterocycles. The lowest BCUT2D eigenvalue weighted by Gasteiger charge is -1.79. The van der Waals surface area contributed by atoms with Gasteiger partial charge in [-0.3, -0.25) is 0 Å². The molecule has 7 heavy (non-hydrogen) atoms. The van der Waals surface area contributed by atoms with Gasteiger partial charge in [0.1, 0.15) is 0 Å². The van der Waals surface area contributed by atoms with Crippen LogP contribution in [0, 0.1) is 0 Å². The van der Waals surface area contributed by atoms with Crippen molar-refractivity contribution in [3.63, 3.8) is 0 Å². The van der Waals surface area contributed by atoms with E-state index in [1.54, 1.807) is 6.08 Å². The molecule has 0 amide bonds. The fourth-order valence-electron chi connectivity index (χ4n) is 0.157. The Balaban J connectivity index is 3.49. The number of allylic oxidation sites excluding steroid dienone is 3. The van der Waals surface area contributed by atoms with Crippen LogP contribution in [0.4, 0.5) is 0 Å². The average molecular weight is 181 g/mol. The maximum Gasteiger partial charge on any atom is 0.0417 e.